The number of rotatable bonds is 3. The number of hydrogen-bond acceptors (Lipinski definition) is 4. The molecule has 0 fully saturated rings. The van der Waals surface area contributed by atoms with Crippen molar-refractivity contribution in [2.24, 2.45) is 0 Å². The Hall–Kier alpha value is -0.980. The van der Waals surface area contributed by atoms with Crippen LogP contribution in [0.3, 0.4) is 0 Å². The molecule has 18 heavy (non-hydrogen) atoms. The third-order valence-electron chi connectivity index (χ3n) is 2.44. The minimum Gasteiger partial charge on any atom is -0.357 e. The first-order chi connectivity index (χ1) is 8.72. The Kier molecular flexibility index (Phi) is 3.32. The van der Waals surface area contributed by atoms with Crippen molar-refractivity contribution < 1.29 is 4.39 Å². The second kappa shape index (κ2) is 4.95. The normalized spacial score (nSPS) is 11.0. The van der Waals surface area contributed by atoms with Crippen LogP contribution in [0, 0.1) is 5.82 Å². The van der Waals surface area contributed by atoms with Crippen molar-refractivity contribution in [1.82, 2.24) is 4.98 Å². The molecule has 2 heterocycles. The number of aromatic nitrogens is 1. The van der Waals surface area contributed by atoms with Crippen LogP contribution >= 0.6 is 38.6 Å². The molecule has 1 aromatic carbocycles. The number of halogens is 2. The molecular formula is C12H8BrFN2S2. The van der Waals surface area contributed by atoms with E-state index in [4.69, 9.17) is 0 Å². The maximum Gasteiger partial charge on any atom is 0.184 e. The topological polar surface area (TPSA) is 24.9 Å². The van der Waals surface area contributed by atoms with Gasteiger partial charge in [-0.15, -0.1) is 11.3 Å². The van der Waals surface area contributed by atoms with Crippen molar-refractivity contribution in [3.63, 3.8) is 0 Å². The van der Waals surface area contributed by atoms with E-state index in [1.807, 2.05) is 11.4 Å². The van der Waals surface area contributed by atoms with Crippen LogP contribution in [-0.2, 0) is 6.54 Å². The summed E-state index contributed by atoms with van der Waals surface area (Å²) < 4.78 is 15.0. The zero-order chi connectivity index (χ0) is 12.5. The van der Waals surface area contributed by atoms with Crippen LogP contribution in [0.25, 0.3) is 10.2 Å². The van der Waals surface area contributed by atoms with Crippen molar-refractivity contribution in [1.29, 1.82) is 0 Å². The second-order valence-corrected chi connectivity index (χ2v) is 6.56. The zero-order valence-corrected chi connectivity index (χ0v) is 12.3. The van der Waals surface area contributed by atoms with Crippen LogP contribution in [-0.4, -0.2) is 4.98 Å². The molecule has 2 aromatic heterocycles. The van der Waals surface area contributed by atoms with Gasteiger partial charge in [-0.3, -0.25) is 0 Å². The Balaban J connectivity index is 1.81. The highest BCUT2D eigenvalue weighted by molar-refractivity contribution is 9.10. The lowest BCUT2D eigenvalue weighted by Crippen LogP contribution is -1.96. The first kappa shape index (κ1) is 12.1. The van der Waals surface area contributed by atoms with E-state index < -0.39 is 0 Å². The van der Waals surface area contributed by atoms with Gasteiger partial charge in [-0.05, 0) is 45.6 Å². The molecule has 2 nitrogen and oxygen atoms in total. The van der Waals surface area contributed by atoms with E-state index in [2.05, 4.69) is 26.2 Å². The maximum atomic E-state index is 13.1. The van der Waals surface area contributed by atoms with Gasteiger partial charge in [-0.25, -0.2) is 9.37 Å². The van der Waals surface area contributed by atoms with Crippen molar-refractivity contribution in [3.05, 3.63) is 44.8 Å². The monoisotopic (exact) mass is 342 g/mol. The van der Waals surface area contributed by atoms with Gasteiger partial charge in [0.15, 0.2) is 5.13 Å². The van der Waals surface area contributed by atoms with E-state index in [1.54, 1.807) is 17.4 Å². The van der Waals surface area contributed by atoms with Crippen LogP contribution in [0.15, 0.2) is 34.1 Å². The van der Waals surface area contributed by atoms with Gasteiger partial charge in [-0.2, -0.15) is 0 Å². The maximum absolute atomic E-state index is 13.1. The van der Waals surface area contributed by atoms with Crippen molar-refractivity contribution in [2.75, 3.05) is 5.32 Å². The lowest BCUT2D eigenvalue weighted by atomic mass is 10.3. The summed E-state index contributed by atoms with van der Waals surface area (Å²) in [7, 11) is 0. The van der Waals surface area contributed by atoms with Gasteiger partial charge in [0.05, 0.1) is 16.8 Å². The van der Waals surface area contributed by atoms with E-state index in [1.165, 1.54) is 28.3 Å². The number of thiazole rings is 1. The van der Waals surface area contributed by atoms with Crippen LogP contribution in [0.5, 0.6) is 0 Å². The van der Waals surface area contributed by atoms with Crippen LogP contribution in [0.4, 0.5) is 9.52 Å². The molecular weight excluding hydrogens is 335 g/mol. The SMILES string of the molecule is Fc1ccc2nc(NCc3sccc3Br)sc2c1. The molecule has 0 saturated heterocycles. The Morgan fingerprint density at radius 3 is 3.00 bits per heavy atom. The summed E-state index contributed by atoms with van der Waals surface area (Å²) in [5.74, 6) is -0.223. The Morgan fingerprint density at radius 2 is 2.22 bits per heavy atom. The highest BCUT2D eigenvalue weighted by Gasteiger charge is 2.06. The van der Waals surface area contributed by atoms with Gasteiger partial charge in [0.2, 0.25) is 0 Å². The van der Waals surface area contributed by atoms with Crippen LogP contribution < -0.4 is 5.32 Å². The number of thiophene rings is 1. The quantitative estimate of drug-likeness (QED) is 0.734. The Morgan fingerprint density at radius 1 is 1.33 bits per heavy atom. The van der Waals surface area contributed by atoms with Crippen LogP contribution in [0.1, 0.15) is 4.88 Å². The molecule has 0 saturated carbocycles. The van der Waals surface area contributed by atoms with Gasteiger partial charge in [0, 0.05) is 9.35 Å². The number of nitrogens with one attached hydrogen (secondary N) is 1. The molecule has 0 aliphatic carbocycles. The molecule has 0 amide bonds. The molecule has 0 aliphatic heterocycles. The minimum absolute atomic E-state index is 0.223. The first-order valence-electron chi connectivity index (χ1n) is 5.24. The Bertz CT molecular complexity index is 692. The fourth-order valence-electron chi connectivity index (χ4n) is 1.58. The van der Waals surface area contributed by atoms with Gasteiger partial charge in [0.25, 0.3) is 0 Å². The average molecular weight is 343 g/mol. The minimum atomic E-state index is -0.223. The fraction of sp³-hybridized carbons (Fsp3) is 0.0833. The predicted molar refractivity (Wildman–Crippen MR) is 78.9 cm³/mol. The first-order valence-corrected chi connectivity index (χ1v) is 7.73. The van der Waals surface area contributed by atoms with Crippen molar-refractivity contribution in [2.45, 2.75) is 6.54 Å². The summed E-state index contributed by atoms with van der Waals surface area (Å²) in [5.41, 5.74) is 0.828. The highest BCUT2D eigenvalue weighted by atomic mass is 79.9. The van der Waals surface area contributed by atoms with Crippen LogP contribution in [0.2, 0.25) is 0 Å². The molecule has 0 unspecified atom stereocenters. The molecule has 0 bridgehead atoms. The summed E-state index contributed by atoms with van der Waals surface area (Å²) in [6, 6.07) is 6.67. The fourth-order valence-corrected chi connectivity index (χ4v) is 3.90. The third-order valence-corrected chi connectivity index (χ3v) is 5.34. The molecule has 3 aromatic rings. The summed E-state index contributed by atoms with van der Waals surface area (Å²) in [6.45, 7) is 0.723. The number of fused-ring (bicyclic) bond motifs is 1. The molecule has 0 atom stereocenters. The molecule has 3 rings (SSSR count). The van der Waals surface area contributed by atoms with E-state index in [-0.39, 0.29) is 5.82 Å². The number of benzene rings is 1. The smallest absolute Gasteiger partial charge is 0.184 e. The standard InChI is InChI=1S/C12H8BrFN2S2/c13-8-3-4-17-11(8)6-15-12-16-9-2-1-7(14)5-10(9)18-12/h1-5H,6H2,(H,15,16). The van der Waals surface area contributed by atoms with Gasteiger partial charge in [-0.1, -0.05) is 11.3 Å². The number of hydrogen-bond donors (Lipinski definition) is 1. The number of anilines is 1. The Labute approximate surface area is 120 Å². The van der Waals surface area contributed by atoms with E-state index in [9.17, 15) is 4.39 Å². The van der Waals surface area contributed by atoms with E-state index in [0.717, 1.165) is 26.4 Å². The van der Waals surface area contributed by atoms with Gasteiger partial charge in [0.1, 0.15) is 5.82 Å². The second-order valence-electron chi connectivity index (χ2n) is 3.68. The molecule has 0 spiro atoms. The molecule has 1 N–H and O–H groups in total. The molecule has 0 aliphatic rings. The summed E-state index contributed by atoms with van der Waals surface area (Å²) in [6.07, 6.45) is 0. The molecule has 0 radical (unpaired) electrons. The summed E-state index contributed by atoms with van der Waals surface area (Å²) in [5, 5.41) is 6.11. The van der Waals surface area contributed by atoms with Gasteiger partial charge < -0.3 is 5.32 Å². The largest absolute Gasteiger partial charge is 0.357 e. The zero-order valence-electron chi connectivity index (χ0n) is 9.11. The van der Waals surface area contributed by atoms with Gasteiger partial charge >= 0.3 is 0 Å². The molecule has 6 heteroatoms. The predicted octanol–water partition coefficient (Wildman–Crippen LogP) is 4.87. The summed E-state index contributed by atoms with van der Waals surface area (Å²) >= 11 is 6.64. The van der Waals surface area contributed by atoms with Crippen molar-refractivity contribution in [3.8, 4) is 0 Å². The lowest BCUT2D eigenvalue weighted by molar-refractivity contribution is 0.630. The lowest BCUT2D eigenvalue weighted by Gasteiger charge is -1.99. The van der Waals surface area contributed by atoms with E-state index >= 15 is 0 Å². The number of nitrogens with zero attached hydrogens (tertiary/aromatic N) is 1. The summed E-state index contributed by atoms with van der Waals surface area (Å²) in [4.78, 5) is 5.64. The highest BCUT2D eigenvalue weighted by Crippen LogP contribution is 2.28. The van der Waals surface area contributed by atoms with E-state index in [0.29, 0.717) is 0 Å². The molecule has 92 valence electrons. The third kappa shape index (κ3) is 2.41. The van der Waals surface area contributed by atoms with Crippen molar-refractivity contribution >= 4 is 54.0 Å². The average Bonchev–Trinajstić information content (AvgIpc) is 2.92.